The van der Waals surface area contributed by atoms with E-state index in [1.165, 1.54) is 24.3 Å². The Morgan fingerprint density at radius 1 is 1.33 bits per heavy atom. The van der Waals surface area contributed by atoms with Gasteiger partial charge in [-0.15, -0.1) is 0 Å². The molecule has 0 fully saturated rings. The fourth-order valence-electron chi connectivity index (χ4n) is 1.61. The number of nitrogens with one attached hydrogen (secondary N) is 1. The van der Waals surface area contributed by atoms with Gasteiger partial charge in [-0.25, -0.2) is 8.42 Å². The maximum absolute atomic E-state index is 12.1. The Morgan fingerprint density at radius 2 is 1.90 bits per heavy atom. The van der Waals surface area contributed by atoms with E-state index in [9.17, 15) is 13.5 Å². The first kappa shape index (κ1) is 17.4. The molecule has 7 nitrogen and oxygen atoms in total. The SMILES string of the molecule is CC(C)(O)CNCCS(=O)(=O)c1ccc(/C(N)=N/O)cc1. The summed E-state index contributed by atoms with van der Waals surface area (Å²) in [5.41, 5.74) is 4.97. The number of oxime groups is 1. The van der Waals surface area contributed by atoms with Crippen molar-refractivity contribution in [3.8, 4) is 0 Å². The van der Waals surface area contributed by atoms with E-state index in [0.29, 0.717) is 12.1 Å². The third-order valence-electron chi connectivity index (χ3n) is 2.72. The average molecular weight is 315 g/mol. The molecule has 0 spiro atoms. The van der Waals surface area contributed by atoms with E-state index in [-0.39, 0.29) is 23.0 Å². The number of hydrogen-bond acceptors (Lipinski definition) is 6. The highest BCUT2D eigenvalue weighted by Crippen LogP contribution is 2.12. The lowest BCUT2D eigenvalue weighted by Gasteiger charge is -2.17. The number of rotatable bonds is 7. The smallest absolute Gasteiger partial charge is 0.179 e. The van der Waals surface area contributed by atoms with Gasteiger partial charge >= 0.3 is 0 Å². The van der Waals surface area contributed by atoms with E-state index in [1.807, 2.05) is 0 Å². The summed E-state index contributed by atoms with van der Waals surface area (Å²) >= 11 is 0. The topological polar surface area (TPSA) is 125 Å². The van der Waals surface area contributed by atoms with Gasteiger partial charge in [0, 0.05) is 18.7 Å². The summed E-state index contributed by atoms with van der Waals surface area (Å²) in [4.78, 5) is 0.169. The number of amidine groups is 1. The summed E-state index contributed by atoms with van der Waals surface area (Å²) in [5, 5.41) is 23.8. The minimum Gasteiger partial charge on any atom is -0.409 e. The number of sulfone groups is 1. The molecule has 1 aromatic rings. The highest BCUT2D eigenvalue weighted by atomic mass is 32.2. The molecular formula is C13H21N3O4S. The van der Waals surface area contributed by atoms with E-state index in [4.69, 9.17) is 10.9 Å². The molecule has 0 aliphatic rings. The number of nitrogens with two attached hydrogens (primary N) is 1. The zero-order valence-electron chi connectivity index (χ0n) is 12.1. The highest BCUT2D eigenvalue weighted by molar-refractivity contribution is 7.91. The summed E-state index contributed by atoms with van der Waals surface area (Å²) in [6.45, 7) is 3.83. The predicted octanol–water partition coefficient (Wildman–Crippen LogP) is -0.0847. The van der Waals surface area contributed by atoms with Crippen molar-refractivity contribution in [1.29, 1.82) is 0 Å². The van der Waals surface area contributed by atoms with E-state index < -0.39 is 15.4 Å². The van der Waals surface area contributed by atoms with Gasteiger partial charge in [-0.1, -0.05) is 5.16 Å². The van der Waals surface area contributed by atoms with Crippen molar-refractivity contribution in [2.24, 2.45) is 10.9 Å². The van der Waals surface area contributed by atoms with Gasteiger partial charge in [0.2, 0.25) is 0 Å². The van der Waals surface area contributed by atoms with Gasteiger partial charge < -0.3 is 21.4 Å². The molecule has 0 atom stereocenters. The molecule has 0 bridgehead atoms. The summed E-state index contributed by atoms with van der Waals surface area (Å²) in [6, 6.07) is 5.79. The molecule has 21 heavy (non-hydrogen) atoms. The van der Waals surface area contributed by atoms with Crippen LogP contribution >= 0.6 is 0 Å². The zero-order chi connectivity index (χ0) is 16.1. The third kappa shape index (κ3) is 5.70. The Kier molecular flexibility index (Phi) is 5.70. The molecule has 0 unspecified atom stereocenters. The maximum atomic E-state index is 12.1. The van der Waals surface area contributed by atoms with Crippen LogP contribution in [-0.2, 0) is 9.84 Å². The first-order valence-electron chi connectivity index (χ1n) is 6.39. The van der Waals surface area contributed by atoms with Crippen LogP contribution in [0.2, 0.25) is 0 Å². The van der Waals surface area contributed by atoms with Crippen LogP contribution in [0.25, 0.3) is 0 Å². The Labute approximate surface area is 124 Å². The zero-order valence-corrected chi connectivity index (χ0v) is 12.9. The van der Waals surface area contributed by atoms with Crippen LogP contribution < -0.4 is 11.1 Å². The number of hydrogen-bond donors (Lipinski definition) is 4. The number of benzene rings is 1. The van der Waals surface area contributed by atoms with Crippen LogP contribution in [0.4, 0.5) is 0 Å². The van der Waals surface area contributed by atoms with Crippen molar-refractivity contribution in [3.05, 3.63) is 29.8 Å². The minimum atomic E-state index is -3.41. The van der Waals surface area contributed by atoms with Crippen LogP contribution in [0.5, 0.6) is 0 Å². The minimum absolute atomic E-state index is 0.0774. The summed E-state index contributed by atoms with van der Waals surface area (Å²) in [6.07, 6.45) is 0. The van der Waals surface area contributed by atoms with Crippen molar-refractivity contribution in [2.45, 2.75) is 24.3 Å². The molecule has 1 rings (SSSR count). The highest BCUT2D eigenvalue weighted by Gasteiger charge is 2.16. The monoisotopic (exact) mass is 315 g/mol. The van der Waals surface area contributed by atoms with E-state index >= 15 is 0 Å². The van der Waals surface area contributed by atoms with Crippen LogP contribution in [-0.4, -0.2) is 49.0 Å². The second-order valence-electron chi connectivity index (χ2n) is 5.32. The standard InChI is InChI=1S/C13H21N3O4S/c1-13(2,17)9-15-7-8-21(19,20)11-5-3-10(4-6-11)12(14)16-18/h3-6,15,17-18H,7-9H2,1-2H3,(H2,14,16). The first-order chi connectivity index (χ1) is 9.65. The number of nitrogens with zero attached hydrogens (tertiary/aromatic N) is 1. The second kappa shape index (κ2) is 6.88. The van der Waals surface area contributed by atoms with Gasteiger partial charge in [-0.05, 0) is 38.1 Å². The Hall–Kier alpha value is -1.64. The molecule has 8 heteroatoms. The molecule has 5 N–H and O–H groups in total. The lowest BCUT2D eigenvalue weighted by molar-refractivity contribution is 0.0805. The molecule has 0 aliphatic heterocycles. The number of aliphatic hydroxyl groups is 1. The molecule has 0 aliphatic carbocycles. The van der Waals surface area contributed by atoms with E-state index in [0.717, 1.165) is 0 Å². The predicted molar refractivity (Wildman–Crippen MR) is 80.2 cm³/mol. The lowest BCUT2D eigenvalue weighted by atomic mass is 10.1. The second-order valence-corrected chi connectivity index (χ2v) is 7.43. The van der Waals surface area contributed by atoms with Crippen LogP contribution in [0.3, 0.4) is 0 Å². The van der Waals surface area contributed by atoms with Crippen molar-refractivity contribution in [1.82, 2.24) is 5.32 Å². The van der Waals surface area contributed by atoms with Gasteiger partial charge in [0.25, 0.3) is 0 Å². The molecule has 0 radical (unpaired) electrons. The lowest BCUT2D eigenvalue weighted by Crippen LogP contribution is -2.36. The molecule has 1 aromatic carbocycles. The molecule has 0 heterocycles. The summed E-state index contributed by atoms with van der Waals surface area (Å²) < 4.78 is 24.2. The normalized spacial score (nSPS) is 13.4. The molecule has 0 saturated carbocycles. The Bertz CT molecular complexity index is 589. The van der Waals surface area contributed by atoms with Crippen molar-refractivity contribution >= 4 is 15.7 Å². The fourth-order valence-corrected chi connectivity index (χ4v) is 2.81. The fraction of sp³-hybridized carbons (Fsp3) is 0.462. The van der Waals surface area contributed by atoms with Crippen LogP contribution in [0.1, 0.15) is 19.4 Å². The quantitative estimate of drug-likeness (QED) is 0.183. The van der Waals surface area contributed by atoms with Gasteiger partial charge in [-0.2, -0.15) is 0 Å². The average Bonchev–Trinajstić information content (AvgIpc) is 2.42. The summed E-state index contributed by atoms with van der Waals surface area (Å²) in [5.74, 6) is -0.155. The summed E-state index contributed by atoms with van der Waals surface area (Å²) in [7, 11) is -3.41. The van der Waals surface area contributed by atoms with Gasteiger partial charge in [0.05, 0.1) is 16.2 Å². The molecule has 0 amide bonds. The van der Waals surface area contributed by atoms with Gasteiger partial charge in [-0.3, -0.25) is 0 Å². The largest absolute Gasteiger partial charge is 0.409 e. The first-order valence-corrected chi connectivity index (χ1v) is 8.05. The van der Waals surface area contributed by atoms with Crippen molar-refractivity contribution in [2.75, 3.05) is 18.8 Å². The van der Waals surface area contributed by atoms with Crippen molar-refractivity contribution in [3.63, 3.8) is 0 Å². The molecular weight excluding hydrogens is 294 g/mol. The molecule has 0 aromatic heterocycles. The van der Waals surface area contributed by atoms with E-state index in [1.54, 1.807) is 13.8 Å². The van der Waals surface area contributed by atoms with Gasteiger partial charge in [0.15, 0.2) is 15.7 Å². The molecule has 118 valence electrons. The van der Waals surface area contributed by atoms with Gasteiger partial charge in [0.1, 0.15) is 0 Å². The van der Waals surface area contributed by atoms with Crippen LogP contribution in [0.15, 0.2) is 34.3 Å². The molecule has 0 saturated heterocycles. The van der Waals surface area contributed by atoms with E-state index in [2.05, 4.69) is 10.5 Å². The van der Waals surface area contributed by atoms with Crippen molar-refractivity contribution < 1.29 is 18.7 Å². The third-order valence-corrected chi connectivity index (χ3v) is 4.45. The van der Waals surface area contributed by atoms with Crippen LogP contribution in [0, 0.1) is 0 Å². The Morgan fingerprint density at radius 3 is 2.38 bits per heavy atom. The Balaban J connectivity index is 2.66. The maximum Gasteiger partial charge on any atom is 0.179 e.